The molecule has 2 rings (SSSR count). The monoisotopic (exact) mass is 259 g/mol. The third-order valence-corrected chi connectivity index (χ3v) is 3.54. The van der Waals surface area contributed by atoms with Crippen molar-refractivity contribution in [2.45, 2.75) is 32.4 Å². The number of rotatable bonds is 5. The van der Waals surface area contributed by atoms with Crippen molar-refractivity contribution in [2.24, 2.45) is 5.73 Å². The van der Waals surface area contributed by atoms with Crippen molar-refractivity contribution < 1.29 is 4.74 Å². The predicted molar refractivity (Wildman–Crippen MR) is 76.2 cm³/mol. The van der Waals surface area contributed by atoms with Crippen LogP contribution in [0.1, 0.15) is 37.1 Å². The van der Waals surface area contributed by atoms with Gasteiger partial charge in [0.05, 0.1) is 25.0 Å². The summed E-state index contributed by atoms with van der Waals surface area (Å²) in [5, 5.41) is 4.31. The highest BCUT2D eigenvalue weighted by Gasteiger charge is 2.24. The molecule has 0 radical (unpaired) electrons. The van der Waals surface area contributed by atoms with Gasteiger partial charge in [0.15, 0.2) is 5.75 Å². The van der Waals surface area contributed by atoms with Gasteiger partial charge in [-0.3, -0.25) is 4.68 Å². The van der Waals surface area contributed by atoms with Crippen LogP contribution in [0.15, 0.2) is 36.5 Å². The number of aryl methyl sites for hydroxylation is 1. The van der Waals surface area contributed by atoms with E-state index in [0.29, 0.717) is 0 Å². The lowest BCUT2D eigenvalue weighted by Crippen LogP contribution is -2.22. The van der Waals surface area contributed by atoms with Crippen molar-refractivity contribution in [1.29, 1.82) is 0 Å². The average Bonchev–Trinajstić information content (AvgIpc) is 2.89. The number of ether oxygens (including phenoxy) is 1. The second kappa shape index (κ2) is 5.89. The van der Waals surface area contributed by atoms with Gasteiger partial charge < -0.3 is 10.5 Å². The van der Waals surface area contributed by atoms with E-state index in [-0.39, 0.29) is 12.0 Å². The first-order valence-corrected chi connectivity index (χ1v) is 6.59. The smallest absolute Gasteiger partial charge is 0.161 e. The van der Waals surface area contributed by atoms with Crippen LogP contribution in [-0.2, 0) is 6.54 Å². The number of nitrogens with two attached hydrogens (primary N) is 1. The third kappa shape index (κ3) is 2.63. The Morgan fingerprint density at radius 3 is 2.58 bits per heavy atom. The molecule has 1 aromatic carbocycles. The Morgan fingerprint density at radius 2 is 2.00 bits per heavy atom. The Morgan fingerprint density at radius 1 is 1.32 bits per heavy atom. The lowest BCUT2D eigenvalue weighted by atomic mass is 9.91. The zero-order chi connectivity index (χ0) is 13.8. The summed E-state index contributed by atoms with van der Waals surface area (Å²) in [7, 11) is 1.65. The molecule has 0 saturated heterocycles. The lowest BCUT2D eigenvalue weighted by molar-refractivity contribution is 0.396. The molecule has 0 aliphatic rings. The SMILES string of the molecule is CCn1ncc(OC)c1C(N)C(C)c1ccccc1. The minimum Gasteiger partial charge on any atom is -0.493 e. The number of hydrogen-bond acceptors (Lipinski definition) is 3. The number of methoxy groups -OCH3 is 1. The molecule has 0 fully saturated rings. The van der Waals surface area contributed by atoms with E-state index in [1.165, 1.54) is 5.56 Å². The Kier molecular flexibility index (Phi) is 4.22. The fourth-order valence-corrected chi connectivity index (χ4v) is 2.32. The maximum Gasteiger partial charge on any atom is 0.161 e. The first kappa shape index (κ1) is 13.6. The van der Waals surface area contributed by atoms with Gasteiger partial charge in [0, 0.05) is 12.5 Å². The number of aromatic nitrogens is 2. The minimum atomic E-state index is -0.139. The molecule has 0 saturated carbocycles. The van der Waals surface area contributed by atoms with Crippen LogP contribution < -0.4 is 10.5 Å². The summed E-state index contributed by atoms with van der Waals surface area (Å²) in [5.74, 6) is 0.967. The molecule has 0 aliphatic carbocycles. The molecule has 0 amide bonds. The van der Waals surface area contributed by atoms with E-state index in [2.05, 4.69) is 31.1 Å². The van der Waals surface area contributed by atoms with E-state index in [4.69, 9.17) is 10.5 Å². The van der Waals surface area contributed by atoms with Crippen LogP contribution in [0.4, 0.5) is 0 Å². The van der Waals surface area contributed by atoms with E-state index in [9.17, 15) is 0 Å². The molecule has 2 aromatic rings. The molecule has 0 aliphatic heterocycles. The fourth-order valence-electron chi connectivity index (χ4n) is 2.32. The molecule has 1 heterocycles. The van der Waals surface area contributed by atoms with Crippen molar-refractivity contribution in [1.82, 2.24) is 9.78 Å². The van der Waals surface area contributed by atoms with E-state index < -0.39 is 0 Å². The molecule has 4 heteroatoms. The second-order valence-corrected chi connectivity index (χ2v) is 4.64. The number of benzene rings is 1. The molecule has 2 unspecified atom stereocenters. The Hall–Kier alpha value is -1.81. The van der Waals surface area contributed by atoms with Gasteiger partial charge in [-0.05, 0) is 12.5 Å². The minimum absolute atomic E-state index is 0.139. The first-order valence-electron chi connectivity index (χ1n) is 6.59. The summed E-state index contributed by atoms with van der Waals surface area (Å²) in [5.41, 5.74) is 8.61. The first-order chi connectivity index (χ1) is 9.19. The topological polar surface area (TPSA) is 53.1 Å². The van der Waals surface area contributed by atoms with Crippen molar-refractivity contribution >= 4 is 0 Å². The predicted octanol–water partition coefficient (Wildman–Crippen LogP) is 2.72. The van der Waals surface area contributed by atoms with Gasteiger partial charge in [-0.15, -0.1) is 0 Å². The molecule has 2 atom stereocenters. The van der Waals surface area contributed by atoms with Gasteiger partial charge in [-0.25, -0.2) is 0 Å². The molecule has 0 bridgehead atoms. The van der Waals surface area contributed by atoms with Crippen LogP contribution in [0.2, 0.25) is 0 Å². The summed E-state index contributed by atoms with van der Waals surface area (Å²) in [6.07, 6.45) is 1.73. The van der Waals surface area contributed by atoms with Crippen LogP contribution in [0.5, 0.6) is 5.75 Å². The van der Waals surface area contributed by atoms with Crippen LogP contribution in [0, 0.1) is 0 Å². The van der Waals surface area contributed by atoms with Gasteiger partial charge >= 0.3 is 0 Å². The molecular formula is C15H21N3O. The third-order valence-electron chi connectivity index (χ3n) is 3.54. The fraction of sp³-hybridized carbons (Fsp3) is 0.400. The van der Waals surface area contributed by atoms with Crippen molar-refractivity contribution in [3.8, 4) is 5.75 Å². The van der Waals surface area contributed by atoms with Gasteiger partial charge in [0.1, 0.15) is 0 Å². The molecule has 102 valence electrons. The van der Waals surface area contributed by atoms with Crippen molar-refractivity contribution in [2.75, 3.05) is 7.11 Å². The Bertz CT molecular complexity index is 500. The standard InChI is InChI=1S/C15H21N3O/c1-4-18-15(13(19-3)10-17-18)14(16)11(2)12-8-6-5-7-9-12/h5-11,14H,4,16H2,1-3H3. The van der Waals surface area contributed by atoms with Crippen LogP contribution in [-0.4, -0.2) is 16.9 Å². The zero-order valence-corrected chi connectivity index (χ0v) is 11.7. The van der Waals surface area contributed by atoms with E-state index in [1.54, 1.807) is 13.3 Å². The van der Waals surface area contributed by atoms with Gasteiger partial charge in [-0.1, -0.05) is 37.3 Å². The Balaban J connectivity index is 2.33. The lowest BCUT2D eigenvalue weighted by Gasteiger charge is -2.22. The summed E-state index contributed by atoms with van der Waals surface area (Å²) in [6, 6.07) is 10.1. The Labute approximate surface area is 114 Å². The molecule has 2 N–H and O–H groups in total. The van der Waals surface area contributed by atoms with Gasteiger partial charge in [0.2, 0.25) is 0 Å². The average molecular weight is 259 g/mol. The number of hydrogen-bond donors (Lipinski definition) is 1. The highest BCUT2D eigenvalue weighted by molar-refractivity contribution is 5.32. The maximum atomic E-state index is 6.43. The van der Waals surface area contributed by atoms with E-state index >= 15 is 0 Å². The van der Waals surface area contributed by atoms with Crippen LogP contribution in [0.3, 0.4) is 0 Å². The van der Waals surface area contributed by atoms with Crippen LogP contribution >= 0.6 is 0 Å². The van der Waals surface area contributed by atoms with Crippen LogP contribution in [0.25, 0.3) is 0 Å². The maximum absolute atomic E-state index is 6.43. The molecule has 4 nitrogen and oxygen atoms in total. The summed E-state index contributed by atoms with van der Waals surface area (Å²) < 4.78 is 7.28. The highest BCUT2D eigenvalue weighted by Crippen LogP contribution is 2.33. The normalized spacial score (nSPS) is 14.1. The van der Waals surface area contributed by atoms with Crippen molar-refractivity contribution in [3.05, 3.63) is 47.8 Å². The largest absolute Gasteiger partial charge is 0.493 e. The summed E-state index contributed by atoms with van der Waals surface area (Å²) >= 11 is 0. The highest BCUT2D eigenvalue weighted by atomic mass is 16.5. The quantitative estimate of drug-likeness (QED) is 0.898. The second-order valence-electron chi connectivity index (χ2n) is 4.64. The van der Waals surface area contributed by atoms with Crippen molar-refractivity contribution in [3.63, 3.8) is 0 Å². The molecule has 0 spiro atoms. The van der Waals surface area contributed by atoms with Gasteiger partial charge in [0.25, 0.3) is 0 Å². The molecule has 19 heavy (non-hydrogen) atoms. The zero-order valence-electron chi connectivity index (χ0n) is 11.7. The molecule has 1 aromatic heterocycles. The van der Waals surface area contributed by atoms with E-state index in [1.807, 2.05) is 22.9 Å². The summed E-state index contributed by atoms with van der Waals surface area (Å²) in [6.45, 7) is 4.97. The summed E-state index contributed by atoms with van der Waals surface area (Å²) in [4.78, 5) is 0. The molecular weight excluding hydrogens is 238 g/mol. The van der Waals surface area contributed by atoms with E-state index in [0.717, 1.165) is 18.0 Å². The van der Waals surface area contributed by atoms with Gasteiger partial charge in [-0.2, -0.15) is 5.10 Å². The number of nitrogens with zero attached hydrogens (tertiary/aromatic N) is 2.